The Kier molecular flexibility index (Phi) is 5.04. The standard InChI is InChI=1S/C18H23N5O4/c1-12-10-22(17(24)25)16-8-13(4-5-15(16)23(12)18(26)27)14-9-19-21(11-14)7-6-20(2)3/h4-5,8-9,11-12H,6-7,10H2,1-3H3,(H,24,25)(H,26,27)/t12-/m0/s1. The van der Waals surface area contributed by atoms with E-state index in [-0.39, 0.29) is 6.54 Å². The van der Waals surface area contributed by atoms with Crippen LogP contribution < -0.4 is 9.80 Å². The van der Waals surface area contributed by atoms with E-state index < -0.39 is 18.2 Å². The van der Waals surface area contributed by atoms with E-state index in [1.165, 1.54) is 9.80 Å². The third kappa shape index (κ3) is 3.72. The molecule has 1 aliphatic rings. The molecular formula is C18H23N5O4. The molecule has 0 aliphatic carbocycles. The van der Waals surface area contributed by atoms with E-state index in [0.717, 1.165) is 24.2 Å². The van der Waals surface area contributed by atoms with Crippen LogP contribution in [0.15, 0.2) is 30.6 Å². The van der Waals surface area contributed by atoms with Gasteiger partial charge in [0.15, 0.2) is 0 Å². The van der Waals surface area contributed by atoms with Gasteiger partial charge in [-0.3, -0.25) is 14.5 Å². The molecule has 2 amide bonds. The van der Waals surface area contributed by atoms with Crippen molar-refractivity contribution in [3.63, 3.8) is 0 Å². The third-order valence-corrected chi connectivity index (χ3v) is 4.59. The zero-order valence-corrected chi connectivity index (χ0v) is 15.5. The Morgan fingerprint density at radius 2 is 1.93 bits per heavy atom. The van der Waals surface area contributed by atoms with Crippen LogP contribution in [0, 0.1) is 0 Å². The molecule has 0 fully saturated rings. The first-order valence-corrected chi connectivity index (χ1v) is 8.62. The van der Waals surface area contributed by atoms with Gasteiger partial charge in [-0.25, -0.2) is 9.59 Å². The molecule has 1 aromatic heterocycles. The number of anilines is 2. The summed E-state index contributed by atoms with van der Waals surface area (Å²) in [6.07, 6.45) is 1.42. The molecule has 0 saturated heterocycles. The van der Waals surface area contributed by atoms with Crippen molar-refractivity contribution in [1.29, 1.82) is 0 Å². The fourth-order valence-corrected chi connectivity index (χ4v) is 3.21. The number of hydrogen-bond acceptors (Lipinski definition) is 4. The minimum atomic E-state index is -1.10. The summed E-state index contributed by atoms with van der Waals surface area (Å²) in [5.41, 5.74) is 2.37. The van der Waals surface area contributed by atoms with Crippen LogP contribution in [0.2, 0.25) is 0 Å². The van der Waals surface area contributed by atoms with Gasteiger partial charge in [0.2, 0.25) is 0 Å². The zero-order valence-electron chi connectivity index (χ0n) is 15.5. The van der Waals surface area contributed by atoms with Crippen LogP contribution in [0.3, 0.4) is 0 Å². The summed E-state index contributed by atoms with van der Waals surface area (Å²) in [5.74, 6) is 0. The molecule has 9 nitrogen and oxygen atoms in total. The number of likely N-dealkylation sites (N-methyl/N-ethyl adjacent to an activating group) is 1. The van der Waals surface area contributed by atoms with Crippen molar-refractivity contribution in [3.05, 3.63) is 30.6 Å². The average Bonchev–Trinajstić information content (AvgIpc) is 3.07. The molecule has 1 atom stereocenters. The quantitative estimate of drug-likeness (QED) is 0.854. The Morgan fingerprint density at radius 3 is 2.56 bits per heavy atom. The zero-order chi connectivity index (χ0) is 19.7. The van der Waals surface area contributed by atoms with Crippen LogP contribution in [0.1, 0.15) is 6.92 Å². The van der Waals surface area contributed by atoms with E-state index >= 15 is 0 Å². The summed E-state index contributed by atoms with van der Waals surface area (Å²) >= 11 is 0. The van der Waals surface area contributed by atoms with E-state index in [1.807, 2.05) is 25.0 Å². The van der Waals surface area contributed by atoms with Crippen LogP contribution in [0.5, 0.6) is 0 Å². The Morgan fingerprint density at radius 1 is 1.19 bits per heavy atom. The number of amides is 2. The summed E-state index contributed by atoms with van der Waals surface area (Å²) in [6, 6.07) is 4.69. The second kappa shape index (κ2) is 7.28. The minimum absolute atomic E-state index is 0.0835. The maximum Gasteiger partial charge on any atom is 0.412 e. The summed E-state index contributed by atoms with van der Waals surface area (Å²) in [4.78, 5) is 27.8. The van der Waals surface area contributed by atoms with E-state index in [9.17, 15) is 19.8 Å². The summed E-state index contributed by atoms with van der Waals surface area (Å²) in [7, 11) is 3.98. The first-order chi connectivity index (χ1) is 12.8. The lowest BCUT2D eigenvalue weighted by atomic mass is 10.0. The molecule has 27 heavy (non-hydrogen) atoms. The molecule has 2 aromatic rings. The summed E-state index contributed by atoms with van der Waals surface area (Å²) in [5, 5.41) is 23.4. The predicted molar refractivity (Wildman–Crippen MR) is 102 cm³/mol. The van der Waals surface area contributed by atoms with Gasteiger partial charge in [0.25, 0.3) is 0 Å². The molecule has 0 spiro atoms. The molecule has 0 bridgehead atoms. The molecule has 0 saturated carbocycles. The largest absolute Gasteiger partial charge is 0.465 e. The van der Waals surface area contributed by atoms with Gasteiger partial charge in [0.05, 0.1) is 36.7 Å². The maximum atomic E-state index is 11.7. The summed E-state index contributed by atoms with van der Waals surface area (Å²) in [6.45, 7) is 3.36. The first-order valence-electron chi connectivity index (χ1n) is 8.62. The lowest BCUT2D eigenvalue weighted by Crippen LogP contribution is -2.51. The van der Waals surface area contributed by atoms with Crippen LogP contribution >= 0.6 is 0 Å². The molecular weight excluding hydrogens is 350 g/mol. The monoisotopic (exact) mass is 373 g/mol. The van der Waals surface area contributed by atoms with Crippen molar-refractivity contribution in [2.24, 2.45) is 0 Å². The number of fused-ring (bicyclic) bond motifs is 1. The molecule has 3 rings (SSSR count). The van der Waals surface area contributed by atoms with Crippen molar-refractivity contribution in [1.82, 2.24) is 14.7 Å². The molecule has 0 radical (unpaired) electrons. The smallest absolute Gasteiger partial charge is 0.412 e. The summed E-state index contributed by atoms with van der Waals surface area (Å²) < 4.78 is 1.83. The predicted octanol–water partition coefficient (Wildman–Crippen LogP) is 2.48. The molecule has 9 heteroatoms. The van der Waals surface area contributed by atoms with E-state index in [1.54, 1.807) is 31.3 Å². The van der Waals surface area contributed by atoms with Gasteiger partial charge in [0.1, 0.15) is 0 Å². The number of benzene rings is 1. The van der Waals surface area contributed by atoms with Crippen molar-refractivity contribution in [3.8, 4) is 11.1 Å². The molecule has 1 aliphatic heterocycles. The Bertz CT molecular complexity index is 863. The lowest BCUT2D eigenvalue weighted by Gasteiger charge is -2.38. The van der Waals surface area contributed by atoms with E-state index in [2.05, 4.69) is 10.00 Å². The normalized spacial score (nSPS) is 16.5. The molecule has 144 valence electrons. The van der Waals surface area contributed by atoms with Gasteiger partial charge in [-0.2, -0.15) is 5.10 Å². The highest BCUT2D eigenvalue weighted by atomic mass is 16.4. The van der Waals surface area contributed by atoms with Crippen LogP contribution in [-0.2, 0) is 6.54 Å². The van der Waals surface area contributed by atoms with Crippen molar-refractivity contribution < 1.29 is 19.8 Å². The number of rotatable bonds is 4. The van der Waals surface area contributed by atoms with Crippen molar-refractivity contribution >= 4 is 23.6 Å². The van der Waals surface area contributed by atoms with Crippen LogP contribution in [0.4, 0.5) is 21.0 Å². The Hall–Kier alpha value is -3.07. The molecule has 2 heterocycles. The fourth-order valence-electron chi connectivity index (χ4n) is 3.21. The number of nitrogens with zero attached hydrogens (tertiary/aromatic N) is 5. The average molecular weight is 373 g/mol. The lowest BCUT2D eigenvalue weighted by molar-refractivity contribution is 0.194. The molecule has 2 N–H and O–H groups in total. The van der Waals surface area contributed by atoms with E-state index in [4.69, 9.17) is 0 Å². The van der Waals surface area contributed by atoms with Gasteiger partial charge in [-0.15, -0.1) is 0 Å². The van der Waals surface area contributed by atoms with Gasteiger partial charge >= 0.3 is 12.2 Å². The second-order valence-corrected chi connectivity index (χ2v) is 6.89. The fraction of sp³-hybridized carbons (Fsp3) is 0.389. The highest BCUT2D eigenvalue weighted by molar-refractivity contribution is 6.00. The SMILES string of the molecule is C[C@H]1CN(C(=O)O)c2cc(-c3cnn(CCN(C)C)c3)ccc2N1C(=O)O. The Labute approximate surface area is 157 Å². The highest BCUT2D eigenvalue weighted by Gasteiger charge is 2.35. The number of hydrogen-bond donors (Lipinski definition) is 2. The van der Waals surface area contributed by atoms with Gasteiger partial charge < -0.3 is 15.1 Å². The van der Waals surface area contributed by atoms with Gasteiger partial charge in [-0.05, 0) is 38.7 Å². The minimum Gasteiger partial charge on any atom is -0.465 e. The van der Waals surface area contributed by atoms with Crippen LogP contribution in [0.25, 0.3) is 11.1 Å². The molecule has 0 unspecified atom stereocenters. The third-order valence-electron chi connectivity index (χ3n) is 4.59. The van der Waals surface area contributed by atoms with Crippen LogP contribution in [-0.4, -0.2) is 70.3 Å². The number of aromatic nitrogens is 2. The number of carbonyl (C=O) groups is 2. The van der Waals surface area contributed by atoms with Crippen molar-refractivity contribution in [2.45, 2.75) is 19.5 Å². The van der Waals surface area contributed by atoms with Crippen molar-refractivity contribution in [2.75, 3.05) is 37.0 Å². The highest BCUT2D eigenvalue weighted by Crippen LogP contribution is 2.38. The van der Waals surface area contributed by atoms with Gasteiger partial charge in [0, 0.05) is 18.3 Å². The van der Waals surface area contributed by atoms with Gasteiger partial charge in [-0.1, -0.05) is 6.07 Å². The topological polar surface area (TPSA) is 102 Å². The Balaban J connectivity index is 1.98. The number of carboxylic acid groups (broad SMARTS) is 2. The maximum absolute atomic E-state index is 11.7. The molecule has 1 aromatic carbocycles. The second-order valence-electron chi connectivity index (χ2n) is 6.89. The van der Waals surface area contributed by atoms with E-state index in [0.29, 0.717) is 11.4 Å². The first kappa shape index (κ1) is 18.7.